The Morgan fingerprint density at radius 3 is 1.90 bits per heavy atom. The van der Waals surface area contributed by atoms with Crippen LogP contribution in [-0.4, -0.2) is 31.4 Å². The van der Waals surface area contributed by atoms with Gasteiger partial charge in [-0.2, -0.15) is 22.0 Å². The lowest BCUT2D eigenvalue weighted by molar-refractivity contribution is -0.315. The minimum atomic E-state index is -5.91. The van der Waals surface area contributed by atoms with Crippen molar-refractivity contribution in [1.29, 1.82) is 0 Å². The van der Waals surface area contributed by atoms with E-state index in [2.05, 4.69) is 0 Å². The van der Waals surface area contributed by atoms with Crippen molar-refractivity contribution in [1.82, 2.24) is 0 Å². The molecule has 0 aliphatic rings. The molecule has 1 aromatic carbocycles. The maximum atomic E-state index is 13.1. The number of methoxy groups -OCH3 is 2. The molecule has 0 amide bonds. The Morgan fingerprint density at radius 2 is 1.50 bits per heavy atom. The maximum Gasteiger partial charge on any atom is 0.456 e. The summed E-state index contributed by atoms with van der Waals surface area (Å²) in [5, 5.41) is 8.80. The average molecular weight is 321 g/mol. The van der Waals surface area contributed by atoms with E-state index in [1.54, 1.807) is 0 Å². The van der Waals surface area contributed by atoms with E-state index in [0.717, 1.165) is 19.2 Å². The summed E-state index contributed by atoms with van der Waals surface area (Å²) < 4.78 is 72.4. The van der Waals surface area contributed by atoms with Crippen LogP contribution in [0.3, 0.4) is 0 Å². The quantitative estimate of drug-likeness (QED) is 0.862. The molecule has 20 heavy (non-hydrogen) atoms. The first-order valence-electron chi connectivity index (χ1n) is 5.10. The molecule has 0 saturated carbocycles. The molecule has 0 aliphatic carbocycles. The van der Waals surface area contributed by atoms with Gasteiger partial charge < -0.3 is 14.6 Å². The molecule has 0 heterocycles. The maximum absolute atomic E-state index is 13.1. The van der Waals surface area contributed by atoms with Gasteiger partial charge in [-0.05, 0) is 6.07 Å². The zero-order valence-corrected chi connectivity index (χ0v) is 11.0. The first kappa shape index (κ1) is 16.8. The van der Waals surface area contributed by atoms with Gasteiger partial charge in [0, 0.05) is 11.6 Å². The second-order valence-electron chi connectivity index (χ2n) is 3.75. The van der Waals surface area contributed by atoms with E-state index < -0.39 is 28.8 Å². The van der Waals surface area contributed by atoms with Crippen molar-refractivity contribution in [2.45, 2.75) is 18.2 Å². The third-order valence-corrected chi connectivity index (χ3v) is 2.85. The number of ether oxygens (including phenoxy) is 2. The number of hydrogen-bond donors (Lipinski definition) is 1. The molecule has 3 nitrogen and oxygen atoms in total. The lowest BCUT2D eigenvalue weighted by atomic mass is 10.0. The van der Waals surface area contributed by atoms with Crippen LogP contribution in [0.25, 0.3) is 0 Å². The van der Waals surface area contributed by atoms with E-state index in [1.165, 1.54) is 7.11 Å². The van der Waals surface area contributed by atoms with Gasteiger partial charge in [0.2, 0.25) is 0 Å². The van der Waals surface area contributed by atoms with E-state index in [0.29, 0.717) is 0 Å². The van der Waals surface area contributed by atoms with Gasteiger partial charge in [-0.1, -0.05) is 11.6 Å². The highest BCUT2D eigenvalue weighted by atomic mass is 35.5. The Bertz CT molecular complexity index is 490. The fourth-order valence-electron chi connectivity index (χ4n) is 1.43. The molecule has 1 atom stereocenters. The fraction of sp³-hybridized carbons (Fsp3) is 0.455. The normalized spacial score (nSPS) is 14.1. The zero-order chi connectivity index (χ0) is 15.7. The molecule has 0 bridgehead atoms. The molecule has 1 unspecified atom stereocenters. The molecule has 0 aromatic heterocycles. The predicted octanol–water partition coefficient (Wildman–Crippen LogP) is 3.59. The Kier molecular flexibility index (Phi) is 4.70. The lowest BCUT2D eigenvalue weighted by Crippen LogP contribution is -2.42. The van der Waals surface area contributed by atoms with Crippen LogP contribution >= 0.6 is 11.6 Å². The van der Waals surface area contributed by atoms with Crippen molar-refractivity contribution in [3.8, 4) is 11.5 Å². The molecule has 9 heteroatoms. The summed E-state index contributed by atoms with van der Waals surface area (Å²) in [6.07, 6.45) is -9.07. The van der Waals surface area contributed by atoms with Crippen molar-refractivity contribution in [2.24, 2.45) is 0 Å². The molecule has 1 rings (SSSR count). The molecular weight excluding hydrogens is 311 g/mol. The Balaban J connectivity index is 3.33. The second kappa shape index (κ2) is 5.61. The monoisotopic (exact) mass is 320 g/mol. The summed E-state index contributed by atoms with van der Waals surface area (Å²) in [4.78, 5) is 0. The van der Waals surface area contributed by atoms with E-state index in [4.69, 9.17) is 21.1 Å². The summed E-state index contributed by atoms with van der Waals surface area (Å²) in [6.45, 7) is 0. The summed E-state index contributed by atoms with van der Waals surface area (Å²) in [5.41, 5.74) is -0.813. The highest BCUT2D eigenvalue weighted by Gasteiger charge is 2.63. The van der Waals surface area contributed by atoms with Crippen LogP contribution in [0.5, 0.6) is 11.5 Å². The van der Waals surface area contributed by atoms with Gasteiger partial charge in [-0.25, -0.2) is 0 Å². The Morgan fingerprint density at radius 1 is 1.05 bits per heavy atom. The molecule has 0 spiro atoms. The lowest BCUT2D eigenvalue weighted by Gasteiger charge is -2.26. The number of aliphatic hydroxyl groups is 1. The highest BCUT2D eigenvalue weighted by molar-refractivity contribution is 6.31. The number of aliphatic hydroxyl groups excluding tert-OH is 1. The summed E-state index contributed by atoms with van der Waals surface area (Å²) in [7, 11) is 2.39. The van der Waals surface area contributed by atoms with Crippen LogP contribution in [0.2, 0.25) is 5.02 Å². The first-order chi connectivity index (χ1) is 9.06. The van der Waals surface area contributed by atoms with E-state index >= 15 is 0 Å². The summed E-state index contributed by atoms with van der Waals surface area (Å²) in [6, 6.07) is 1.75. The number of alkyl halides is 5. The van der Waals surface area contributed by atoms with E-state index in [-0.39, 0.29) is 11.5 Å². The minimum Gasteiger partial charge on any atom is -0.493 e. The van der Waals surface area contributed by atoms with Crippen LogP contribution in [0, 0.1) is 0 Å². The largest absolute Gasteiger partial charge is 0.493 e. The molecular formula is C11H10ClF5O3. The van der Waals surface area contributed by atoms with Crippen molar-refractivity contribution in [3.63, 3.8) is 0 Å². The molecule has 0 radical (unpaired) electrons. The van der Waals surface area contributed by atoms with Crippen molar-refractivity contribution < 1.29 is 36.5 Å². The minimum absolute atomic E-state index is 0.0313. The van der Waals surface area contributed by atoms with Crippen molar-refractivity contribution >= 4 is 11.6 Å². The van der Waals surface area contributed by atoms with Gasteiger partial charge in [0.1, 0.15) is 0 Å². The fourth-order valence-corrected chi connectivity index (χ4v) is 1.69. The van der Waals surface area contributed by atoms with Crippen molar-refractivity contribution in [2.75, 3.05) is 14.2 Å². The SMILES string of the molecule is COc1cc(Cl)c(C(O)C(F)(F)C(F)(F)F)cc1OC. The highest BCUT2D eigenvalue weighted by Crippen LogP contribution is 2.47. The third kappa shape index (κ3) is 2.90. The first-order valence-corrected chi connectivity index (χ1v) is 5.48. The molecule has 0 aliphatic heterocycles. The van der Waals surface area contributed by atoms with Gasteiger partial charge in [0.15, 0.2) is 17.6 Å². The summed E-state index contributed by atoms with van der Waals surface area (Å²) >= 11 is 5.59. The van der Waals surface area contributed by atoms with E-state index in [1.807, 2.05) is 0 Å². The zero-order valence-electron chi connectivity index (χ0n) is 10.3. The molecule has 0 saturated heterocycles. The van der Waals surface area contributed by atoms with Crippen LogP contribution in [0.4, 0.5) is 22.0 Å². The van der Waals surface area contributed by atoms with Gasteiger partial charge in [-0.15, -0.1) is 0 Å². The van der Waals surface area contributed by atoms with Crippen molar-refractivity contribution in [3.05, 3.63) is 22.7 Å². The number of rotatable bonds is 4. The second-order valence-corrected chi connectivity index (χ2v) is 4.16. The number of benzene rings is 1. The van der Waals surface area contributed by atoms with Gasteiger partial charge in [-0.3, -0.25) is 0 Å². The van der Waals surface area contributed by atoms with Crippen LogP contribution in [0.15, 0.2) is 12.1 Å². The predicted molar refractivity (Wildman–Crippen MR) is 60.5 cm³/mol. The Hall–Kier alpha value is -1.28. The standard InChI is InChI=1S/C11H10ClF5O3/c1-19-7-3-5(6(12)4-8(7)20-2)9(18)10(13,14)11(15,16)17/h3-4,9,18H,1-2H3. The average Bonchev–Trinajstić information content (AvgIpc) is 2.36. The number of hydrogen-bond acceptors (Lipinski definition) is 3. The van der Waals surface area contributed by atoms with Gasteiger partial charge in [0.25, 0.3) is 0 Å². The van der Waals surface area contributed by atoms with E-state index in [9.17, 15) is 27.1 Å². The molecule has 0 fully saturated rings. The summed E-state index contributed by atoms with van der Waals surface area (Å²) in [5.74, 6) is -5.45. The van der Waals surface area contributed by atoms with Gasteiger partial charge >= 0.3 is 12.1 Å². The van der Waals surface area contributed by atoms with Crippen LogP contribution < -0.4 is 9.47 Å². The molecule has 1 aromatic rings. The Labute approximate surface area is 115 Å². The smallest absolute Gasteiger partial charge is 0.456 e. The third-order valence-electron chi connectivity index (χ3n) is 2.52. The topological polar surface area (TPSA) is 38.7 Å². The van der Waals surface area contributed by atoms with Crippen LogP contribution in [0.1, 0.15) is 11.7 Å². The molecule has 114 valence electrons. The van der Waals surface area contributed by atoms with Gasteiger partial charge in [0.05, 0.1) is 19.2 Å². The van der Waals surface area contributed by atoms with Crippen LogP contribution in [-0.2, 0) is 0 Å². The number of halogens is 6. The molecule has 1 N–H and O–H groups in total.